The zero-order valence-electron chi connectivity index (χ0n) is 16.2. The van der Waals surface area contributed by atoms with Crippen molar-refractivity contribution in [3.8, 4) is 0 Å². The second-order valence-electron chi connectivity index (χ2n) is 7.09. The maximum absolute atomic E-state index is 13.6. The number of nitro benzene ring substituents is 1. The van der Waals surface area contributed by atoms with Crippen LogP contribution < -0.4 is 5.32 Å². The Bertz CT molecular complexity index is 1250. The van der Waals surface area contributed by atoms with Crippen LogP contribution in [0.1, 0.15) is 27.5 Å². The van der Waals surface area contributed by atoms with Crippen LogP contribution in [0, 0.1) is 15.9 Å². The molecule has 0 aromatic heterocycles. The maximum atomic E-state index is 13.6. The smallest absolute Gasteiger partial charge is 0.288 e. The Morgan fingerprint density at radius 3 is 2.56 bits per heavy atom. The summed E-state index contributed by atoms with van der Waals surface area (Å²) in [5.74, 6) is -1.49. The third-order valence-electron chi connectivity index (χ3n) is 5.04. The minimum atomic E-state index is -0.760. The van der Waals surface area contributed by atoms with Gasteiger partial charge in [-0.15, -0.1) is 0 Å². The number of fused-ring (bicyclic) bond motifs is 1. The van der Waals surface area contributed by atoms with E-state index in [2.05, 4.69) is 21.2 Å². The summed E-state index contributed by atoms with van der Waals surface area (Å²) in [4.78, 5) is 38.1. The number of amides is 2. The van der Waals surface area contributed by atoms with Gasteiger partial charge in [-0.05, 0) is 48.0 Å². The fraction of sp³-hybridized carbons (Fsp3) is 0.0909. The van der Waals surface area contributed by atoms with E-state index in [-0.39, 0.29) is 17.1 Å². The van der Waals surface area contributed by atoms with Gasteiger partial charge in [-0.25, -0.2) is 4.39 Å². The molecule has 0 bridgehead atoms. The van der Waals surface area contributed by atoms with E-state index < -0.39 is 34.3 Å². The summed E-state index contributed by atoms with van der Waals surface area (Å²) < 4.78 is 14.3. The largest absolute Gasteiger partial charge is 0.324 e. The fourth-order valence-electron chi connectivity index (χ4n) is 3.62. The molecule has 0 spiro atoms. The van der Waals surface area contributed by atoms with Gasteiger partial charge in [0.1, 0.15) is 17.4 Å². The fourth-order valence-corrected chi connectivity index (χ4v) is 4.19. The molecule has 0 aliphatic carbocycles. The normalized spacial score (nSPS) is 15.5. The molecule has 1 heterocycles. The van der Waals surface area contributed by atoms with Gasteiger partial charge in [-0.2, -0.15) is 0 Å². The van der Waals surface area contributed by atoms with Gasteiger partial charge in [0.15, 0.2) is 0 Å². The number of benzene rings is 3. The highest BCUT2D eigenvalue weighted by Gasteiger charge is 2.34. The van der Waals surface area contributed by atoms with Gasteiger partial charge >= 0.3 is 0 Å². The summed E-state index contributed by atoms with van der Waals surface area (Å²) in [5.41, 5.74) is 1.26. The molecule has 1 N–H and O–H groups in total. The van der Waals surface area contributed by atoms with Crippen molar-refractivity contribution in [2.75, 3.05) is 11.9 Å². The van der Waals surface area contributed by atoms with Crippen molar-refractivity contribution < 1.29 is 18.9 Å². The van der Waals surface area contributed by atoms with E-state index in [1.165, 1.54) is 41.3 Å². The van der Waals surface area contributed by atoms with E-state index in [0.29, 0.717) is 21.3 Å². The predicted octanol–water partition coefficient (Wildman–Crippen LogP) is 5.33. The summed E-state index contributed by atoms with van der Waals surface area (Å²) in [6.07, 6.45) is 0. The Kier molecular flexibility index (Phi) is 5.94. The summed E-state index contributed by atoms with van der Waals surface area (Å²) in [7, 11) is 0. The number of rotatable bonds is 3. The Morgan fingerprint density at radius 1 is 1.16 bits per heavy atom. The molecule has 4 rings (SSSR count). The first kappa shape index (κ1) is 21.9. The standard InChI is InChI=1S/C22H14BrClFN3O4/c23-14-4-8-18-16(10-14)21(12-1-5-15(25)6-2-12)27(11-20(29)26-18)22(30)13-3-7-17(24)19(9-13)28(31)32/h1-10,21H,11H2,(H,26,29). The van der Waals surface area contributed by atoms with Crippen molar-refractivity contribution in [3.05, 3.63) is 103 Å². The van der Waals surface area contributed by atoms with E-state index in [1.807, 2.05) is 0 Å². The van der Waals surface area contributed by atoms with Crippen LogP contribution in [-0.4, -0.2) is 28.2 Å². The third-order valence-corrected chi connectivity index (χ3v) is 5.86. The van der Waals surface area contributed by atoms with Crippen LogP contribution in [0.15, 0.2) is 65.1 Å². The Hall–Kier alpha value is -3.30. The lowest BCUT2D eigenvalue weighted by Gasteiger charge is -2.30. The van der Waals surface area contributed by atoms with Crippen molar-refractivity contribution >= 4 is 50.7 Å². The number of anilines is 1. The molecule has 1 atom stereocenters. The van der Waals surface area contributed by atoms with Gasteiger partial charge in [0.05, 0.1) is 11.0 Å². The Labute approximate surface area is 195 Å². The first-order valence-corrected chi connectivity index (χ1v) is 10.5. The maximum Gasteiger partial charge on any atom is 0.288 e. The van der Waals surface area contributed by atoms with E-state index >= 15 is 0 Å². The van der Waals surface area contributed by atoms with Crippen LogP contribution in [-0.2, 0) is 4.79 Å². The Balaban J connectivity index is 1.89. The molecular formula is C22H14BrClFN3O4. The van der Waals surface area contributed by atoms with Crippen molar-refractivity contribution in [1.29, 1.82) is 0 Å². The quantitative estimate of drug-likeness (QED) is 0.374. The van der Waals surface area contributed by atoms with Crippen LogP contribution in [0.3, 0.4) is 0 Å². The molecule has 0 radical (unpaired) electrons. The Morgan fingerprint density at radius 2 is 1.88 bits per heavy atom. The second kappa shape index (κ2) is 8.68. The van der Waals surface area contributed by atoms with Gasteiger partial charge in [0.2, 0.25) is 5.91 Å². The summed E-state index contributed by atoms with van der Waals surface area (Å²) >= 11 is 9.30. The van der Waals surface area contributed by atoms with Gasteiger partial charge in [-0.3, -0.25) is 19.7 Å². The molecule has 10 heteroatoms. The molecule has 3 aromatic carbocycles. The number of nitrogens with zero attached hydrogens (tertiary/aromatic N) is 2. The highest BCUT2D eigenvalue weighted by molar-refractivity contribution is 9.10. The zero-order valence-corrected chi connectivity index (χ0v) is 18.6. The van der Waals surface area contributed by atoms with Crippen LogP contribution in [0.25, 0.3) is 0 Å². The van der Waals surface area contributed by atoms with Gasteiger partial charge in [0.25, 0.3) is 11.6 Å². The topological polar surface area (TPSA) is 92.5 Å². The zero-order chi connectivity index (χ0) is 23.0. The lowest BCUT2D eigenvalue weighted by molar-refractivity contribution is -0.384. The number of carbonyl (C=O) groups excluding carboxylic acids is 2. The lowest BCUT2D eigenvalue weighted by Crippen LogP contribution is -2.39. The summed E-state index contributed by atoms with van der Waals surface area (Å²) in [6, 6.07) is 13.8. The monoisotopic (exact) mass is 517 g/mol. The molecule has 0 saturated heterocycles. The number of hydrogen-bond acceptors (Lipinski definition) is 4. The molecule has 7 nitrogen and oxygen atoms in total. The molecule has 0 fully saturated rings. The average Bonchev–Trinajstić information content (AvgIpc) is 2.89. The molecule has 32 heavy (non-hydrogen) atoms. The molecular weight excluding hydrogens is 505 g/mol. The van der Waals surface area contributed by atoms with Crippen molar-refractivity contribution in [2.45, 2.75) is 6.04 Å². The van der Waals surface area contributed by atoms with Crippen LogP contribution in [0.5, 0.6) is 0 Å². The van der Waals surface area contributed by atoms with Crippen molar-refractivity contribution in [1.82, 2.24) is 4.90 Å². The molecule has 1 aliphatic heterocycles. The first-order chi connectivity index (χ1) is 15.2. The highest BCUT2D eigenvalue weighted by Crippen LogP contribution is 2.38. The van der Waals surface area contributed by atoms with Gasteiger partial charge in [0, 0.05) is 27.4 Å². The van der Waals surface area contributed by atoms with Crippen molar-refractivity contribution in [3.63, 3.8) is 0 Å². The van der Waals surface area contributed by atoms with Crippen molar-refractivity contribution in [2.24, 2.45) is 0 Å². The molecule has 1 aliphatic rings. The minimum Gasteiger partial charge on any atom is -0.324 e. The number of carbonyl (C=O) groups is 2. The molecule has 162 valence electrons. The molecule has 3 aromatic rings. The van der Waals surface area contributed by atoms with Crippen LogP contribution in [0.4, 0.5) is 15.8 Å². The average molecular weight is 519 g/mol. The lowest BCUT2D eigenvalue weighted by atomic mass is 9.95. The van der Waals surface area contributed by atoms with E-state index in [1.54, 1.807) is 18.2 Å². The molecule has 1 unspecified atom stereocenters. The van der Waals surface area contributed by atoms with Gasteiger partial charge in [-0.1, -0.05) is 39.7 Å². The first-order valence-electron chi connectivity index (χ1n) is 9.34. The van der Waals surface area contributed by atoms with Gasteiger partial charge < -0.3 is 10.2 Å². The number of hydrogen-bond donors (Lipinski definition) is 1. The molecule has 2 amide bonds. The summed E-state index contributed by atoms with van der Waals surface area (Å²) in [6.45, 7) is -0.316. The number of halogens is 3. The molecule has 0 saturated carbocycles. The minimum absolute atomic E-state index is 0.000501. The van der Waals surface area contributed by atoms with E-state index in [0.717, 1.165) is 6.07 Å². The highest BCUT2D eigenvalue weighted by atomic mass is 79.9. The summed E-state index contributed by atoms with van der Waals surface area (Å²) in [5, 5.41) is 14.0. The van der Waals surface area contributed by atoms with E-state index in [4.69, 9.17) is 11.6 Å². The third kappa shape index (κ3) is 4.21. The second-order valence-corrected chi connectivity index (χ2v) is 8.41. The number of nitro groups is 1. The van der Waals surface area contributed by atoms with Crippen LogP contribution >= 0.6 is 27.5 Å². The van der Waals surface area contributed by atoms with Crippen LogP contribution in [0.2, 0.25) is 5.02 Å². The SMILES string of the molecule is O=C1CN(C(=O)c2ccc(Cl)c([N+](=O)[O-])c2)C(c2ccc(F)cc2)c2cc(Br)ccc2N1. The number of nitrogens with one attached hydrogen (secondary N) is 1. The predicted molar refractivity (Wildman–Crippen MR) is 120 cm³/mol. The van der Waals surface area contributed by atoms with E-state index in [9.17, 15) is 24.1 Å².